The number of rotatable bonds is 7. The topological polar surface area (TPSA) is 80.5 Å². The molecule has 0 aliphatic carbocycles. The van der Waals surface area contributed by atoms with Gasteiger partial charge >= 0.3 is 0 Å². The van der Waals surface area contributed by atoms with Crippen molar-refractivity contribution in [2.75, 3.05) is 19.3 Å². The van der Waals surface area contributed by atoms with Gasteiger partial charge in [-0.3, -0.25) is 4.79 Å². The van der Waals surface area contributed by atoms with Crippen molar-refractivity contribution in [3.05, 3.63) is 70.9 Å². The van der Waals surface area contributed by atoms with Gasteiger partial charge in [-0.2, -0.15) is 0 Å². The fourth-order valence-electron chi connectivity index (χ4n) is 3.77. The largest absolute Gasteiger partial charge is 0.368 e. The summed E-state index contributed by atoms with van der Waals surface area (Å²) in [5, 5.41) is 0. The standard InChI is InChI=1S/C22H26N2O3S/c1-3-12-24-14-20(17-8-10-19(11-9-17)28(2,26)27)22(21(24)15-25)18-6-4-16(13-23)5-7-18/h4-11,15,20H,3,12-14,23H2,1-2H3. The summed E-state index contributed by atoms with van der Waals surface area (Å²) < 4.78 is 23.5. The van der Waals surface area contributed by atoms with Crippen LogP contribution >= 0.6 is 0 Å². The van der Waals surface area contributed by atoms with Gasteiger partial charge in [-0.15, -0.1) is 0 Å². The van der Waals surface area contributed by atoms with E-state index in [0.717, 1.165) is 41.5 Å². The van der Waals surface area contributed by atoms with Crippen LogP contribution in [0.15, 0.2) is 59.1 Å². The minimum absolute atomic E-state index is 0.00378. The molecule has 0 fully saturated rings. The first-order chi connectivity index (χ1) is 13.4. The molecule has 0 amide bonds. The van der Waals surface area contributed by atoms with Gasteiger partial charge in [-0.05, 0) is 40.8 Å². The van der Waals surface area contributed by atoms with Crippen LogP contribution in [0.1, 0.15) is 36.0 Å². The molecule has 6 heteroatoms. The highest BCUT2D eigenvalue weighted by molar-refractivity contribution is 7.90. The second-order valence-corrected chi connectivity index (χ2v) is 9.17. The van der Waals surface area contributed by atoms with Crippen molar-refractivity contribution in [2.24, 2.45) is 5.73 Å². The van der Waals surface area contributed by atoms with E-state index in [9.17, 15) is 13.2 Å². The lowest BCUT2D eigenvalue weighted by atomic mass is 9.87. The first-order valence-electron chi connectivity index (χ1n) is 9.42. The average molecular weight is 399 g/mol. The van der Waals surface area contributed by atoms with Crippen LogP contribution in [0.2, 0.25) is 0 Å². The first kappa shape index (κ1) is 20.3. The molecule has 1 heterocycles. The smallest absolute Gasteiger partial charge is 0.175 e. The zero-order chi connectivity index (χ0) is 20.3. The Morgan fingerprint density at radius 1 is 1.11 bits per heavy atom. The number of carbonyl (C=O) groups is 1. The molecule has 1 aliphatic heterocycles. The first-order valence-corrected chi connectivity index (χ1v) is 11.3. The summed E-state index contributed by atoms with van der Waals surface area (Å²) >= 11 is 0. The summed E-state index contributed by atoms with van der Waals surface area (Å²) in [6, 6.07) is 15.0. The van der Waals surface area contributed by atoms with E-state index in [4.69, 9.17) is 5.73 Å². The van der Waals surface area contributed by atoms with Gasteiger partial charge in [-0.25, -0.2) is 8.42 Å². The molecular formula is C22H26N2O3S. The molecule has 0 saturated carbocycles. The van der Waals surface area contributed by atoms with Crippen molar-refractivity contribution < 1.29 is 13.2 Å². The highest BCUT2D eigenvalue weighted by Gasteiger charge is 2.33. The normalized spacial score (nSPS) is 17.2. The minimum Gasteiger partial charge on any atom is -0.368 e. The molecule has 1 aliphatic rings. The molecule has 0 radical (unpaired) electrons. The van der Waals surface area contributed by atoms with Crippen molar-refractivity contribution in [2.45, 2.75) is 30.7 Å². The van der Waals surface area contributed by atoms with Crippen LogP contribution in [0.25, 0.3) is 5.57 Å². The number of benzene rings is 2. The number of nitrogens with zero attached hydrogens (tertiary/aromatic N) is 1. The molecule has 1 atom stereocenters. The number of sulfone groups is 1. The number of aldehydes is 1. The second-order valence-electron chi connectivity index (χ2n) is 7.16. The molecule has 0 saturated heterocycles. The Balaban J connectivity index is 2.07. The van der Waals surface area contributed by atoms with Gasteiger partial charge < -0.3 is 10.6 Å². The Kier molecular flexibility index (Phi) is 6.01. The fraction of sp³-hybridized carbons (Fsp3) is 0.318. The SMILES string of the molecule is CCCN1CC(c2ccc(S(C)(=O)=O)cc2)C(c2ccc(CN)cc2)=C1C=O. The Bertz CT molecular complexity index is 977. The Labute approximate surface area is 166 Å². The lowest BCUT2D eigenvalue weighted by molar-refractivity contribution is -0.106. The van der Waals surface area contributed by atoms with E-state index in [1.807, 2.05) is 36.4 Å². The maximum Gasteiger partial charge on any atom is 0.175 e. The lowest BCUT2D eigenvalue weighted by Gasteiger charge is -2.19. The van der Waals surface area contributed by atoms with E-state index in [1.54, 1.807) is 12.1 Å². The second kappa shape index (κ2) is 8.29. The molecule has 1 unspecified atom stereocenters. The van der Waals surface area contributed by atoms with E-state index in [0.29, 0.717) is 23.7 Å². The van der Waals surface area contributed by atoms with Crippen LogP contribution in [-0.4, -0.2) is 38.9 Å². The summed E-state index contributed by atoms with van der Waals surface area (Å²) in [6.45, 7) is 4.06. The molecule has 5 nitrogen and oxygen atoms in total. The Morgan fingerprint density at radius 2 is 1.75 bits per heavy atom. The van der Waals surface area contributed by atoms with E-state index < -0.39 is 9.84 Å². The molecule has 0 aromatic heterocycles. The molecule has 0 bridgehead atoms. The minimum atomic E-state index is -3.24. The highest BCUT2D eigenvalue weighted by atomic mass is 32.2. The van der Waals surface area contributed by atoms with Crippen molar-refractivity contribution in [1.82, 2.24) is 4.90 Å². The van der Waals surface area contributed by atoms with Gasteiger partial charge in [0.15, 0.2) is 16.1 Å². The van der Waals surface area contributed by atoms with Crippen LogP contribution in [0, 0.1) is 0 Å². The fourth-order valence-corrected chi connectivity index (χ4v) is 4.40. The summed E-state index contributed by atoms with van der Waals surface area (Å²) in [5.74, 6) is 0.00378. The number of hydrogen-bond acceptors (Lipinski definition) is 5. The number of allylic oxidation sites excluding steroid dienone is 1. The molecule has 28 heavy (non-hydrogen) atoms. The van der Waals surface area contributed by atoms with Crippen LogP contribution in [0.4, 0.5) is 0 Å². The van der Waals surface area contributed by atoms with Crippen LogP contribution in [0.5, 0.6) is 0 Å². The van der Waals surface area contributed by atoms with Crippen LogP contribution in [0.3, 0.4) is 0 Å². The van der Waals surface area contributed by atoms with Gasteiger partial charge in [0, 0.05) is 31.8 Å². The van der Waals surface area contributed by atoms with Crippen LogP contribution in [-0.2, 0) is 21.2 Å². The predicted octanol–water partition coefficient (Wildman–Crippen LogP) is 2.97. The molecule has 148 valence electrons. The van der Waals surface area contributed by atoms with E-state index >= 15 is 0 Å². The molecule has 2 aromatic carbocycles. The van der Waals surface area contributed by atoms with Crippen molar-refractivity contribution in [3.8, 4) is 0 Å². The maximum absolute atomic E-state index is 12.0. The van der Waals surface area contributed by atoms with E-state index in [1.165, 1.54) is 6.26 Å². The van der Waals surface area contributed by atoms with Gasteiger partial charge in [0.1, 0.15) is 0 Å². The number of carbonyl (C=O) groups excluding carboxylic acids is 1. The highest BCUT2D eigenvalue weighted by Crippen LogP contribution is 2.41. The van der Waals surface area contributed by atoms with Gasteiger partial charge in [0.2, 0.25) is 0 Å². The Morgan fingerprint density at radius 3 is 2.25 bits per heavy atom. The summed E-state index contributed by atoms with van der Waals surface area (Å²) in [5.41, 5.74) is 10.4. The average Bonchev–Trinajstić information content (AvgIpc) is 3.06. The van der Waals surface area contributed by atoms with Crippen molar-refractivity contribution in [3.63, 3.8) is 0 Å². The molecule has 0 spiro atoms. The lowest BCUT2D eigenvalue weighted by Crippen LogP contribution is -2.23. The van der Waals surface area contributed by atoms with Gasteiger partial charge in [0.05, 0.1) is 10.6 Å². The number of nitrogens with two attached hydrogens (primary N) is 1. The zero-order valence-corrected chi connectivity index (χ0v) is 17.1. The van der Waals surface area contributed by atoms with Gasteiger partial charge in [-0.1, -0.05) is 43.3 Å². The summed E-state index contributed by atoms with van der Waals surface area (Å²) in [6.07, 6.45) is 3.08. The molecule has 2 N–H and O–H groups in total. The maximum atomic E-state index is 12.0. The summed E-state index contributed by atoms with van der Waals surface area (Å²) in [7, 11) is -3.24. The third kappa shape index (κ3) is 4.03. The quantitative estimate of drug-likeness (QED) is 0.725. The van der Waals surface area contributed by atoms with Gasteiger partial charge in [0.25, 0.3) is 0 Å². The van der Waals surface area contributed by atoms with Crippen molar-refractivity contribution >= 4 is 21.7 Å². The van der Waals surface area contributed by atoms with E-state index in [-0.39, 0.29) is 5.92 Å². The predicted molar refractivity (Wildman–Crippen MR) is 111 cm³/mol. The molecular weight excluding hydrogens is 372 g/mol. The Hall–Kier alpha value is -2.44. The molecule has 3 rings (SSSR count). The van der Waals surface area contributed by atoms with Crippen LogP contribution < -0.4 is 5.73 Å². The summed E-state index contributed by atoms with van der Waals surface area (Å²) in [4.78, 5) is 14.4. The third-order valence-corrected chi connectivity index (χ3v) is 6.31. The number of hydrogen-bond donors (Lipinski definition) is 1. The monoisotopic (exact) mass is 398 g/mol. The van der Waals surface area contributed by atoms with E-state index in [2.05, 4.69) is 11.8 Å². The third-order valence-electron chi connectivity index (χ3n) is 5.18. The zero-order valence-electron chi connectivity index (χ0n) is 16.3. The molecule has 2 aromatic rings. The van der Waals surface area contributed by atoms with Crippen molar-refractivity contribution in [1.29, 1.82) is 0 Å².